The zero-order valence-electron chi connectivity index (χ0n) is 10.7. The Hall–Kier alpha value is -2.83. The van der Waals surface area contributed by atoms with Gasteiger partial charge in [-0.2, -0.15) is 0 Å². The summed E-state index contributed by atoms with van der Waals surface area (Å²) in [5.41, 5.74) is -0.547. The van der Waals surface area contributed by atoms with Crippen LogP contribution in [0.15, 0.2) is 39.9 Å². The Labute approximate surface area is 113 Å². The zero-order valence-corrected chi connectivity index (χ0v) is 10.7. The van der Waals surface area contributed by atoms with E-state index in [1.807, 2.05) is 4.98 Å². The van der Waals surface area contributed by atoms with Gasteiger partial charge in [-0.3, -0.25) is 14.6 Å². The van der Waals surface area contributed by atoms with Crippen molar-refractivity contribution in [1.29, 1.82) is 0 Å². The molecule has 104 valence electrons. The topological polar surface area (TPSA) is 104 Å². The van der Waals surface area contributed by atoms with Crippen molar-refractivity contribution in [3.63, 3.8) is 0 Å². The van der Waals surface area contributed by atoms with E-state index in [0.717, 1.165) is 17.4 Å². The van der Waals surface area contributed by atoms with Crippen LogP contribution in [0.2, 0.25) is 0 Å². The SMILES string of the molecule is COc1ccc(CNC(=O)c2cc(=O)[nH]c(=O)[nH]2)cc1. The van der Waals surface area contributed by atoms with E-state index in [2.05, 4.69) is 10.3 Å². The molecule has 0 aliphatic rings. The van der Waals surface area contributed by atoms with E-state index >= 15 is 0 Å². The predicted octanol–water partition coefficient (Wildman–Crippen LogP) is 0.00180. The number of hydrogen-bond acceptors (Lipinski definition) is 4. The number of rotatable bonds is 4. The monoisotopic (exact) mass is 275 g/mol. The van der Waals surface area contributed by atoms with Crippen LogP contribution in [0.5, 0.6) is 5.75 Å². The molecular formula is C13H13N3O4. The Morgan fingerprint density at radius 1 is 1.20 bits per heavy atom. The lowest BCUT2D eigenvalue weighted by Gasteiger charge is -2.06. The normalized spacial score (nSPS) is 10.1. The maximum Gasteiger partial charge on any atom is 0.326 e. The van der Waals surface area contributed by atoms with Crippen molar-refractivity contribution in [3.05, 3.63) is 62.4 Å². The van der Waals surface area contributed by atoms with Gasteiger partial charge in [-0.05, 0) is 17.7 Å². The number of amides is 1. The van der Waals surface area contributed by atoms with Crippen LogP contribution in [0.1, 0.15) is 16.1 Å². The first-order valence-electron chi connectivity index (χ1n) is 5.83. The number of methoxy groups -OCH3 is 1. The van der Waals surface area contributed by atoms with Crippen LogP contribution >= 0.6 is 0 Å². The molecule has 1 amide bonds. The summed E-state index contributed by atoms with van der Waals surface area (Å²) in [5, 5.41) is 2.60. The number of ether oxygens (including phenoxy) is 1. The van der Waals surface area contributed by atoms with Crippen molar-refractivity contribution in [3.8, 4) is 5.75 Å². The Morgan fingerprint density at radius 2 is 1.90 bits per heavy atom. The number of aromatic nitrogens is 2. The predicted molar refractivity (Wildman–Crippen MR) is 71.8 cm³/mol. The molecular weight excluding hydrogens is 262 g/mol. The summed E-state index contributed by atoms with van der Waals surface area (Å²) in [5.74, 6) is 0.197. The summed E-state index contributed by atoms with van der Waals surface area (Å²) in [6.45, 7) is 0.275. The third-order valence-corrected chi connectivity index (χ3v) is 2.62. The molecule has 0 atom stereocenters. The van der Waals surface area contributed by atoms with Crippen LogP contribution in [0.4, 0.5) is 0 Å². The minimum absolute atomic E-state index is 0.0766. The lowest BCUT2D eigenvalue weighted by atomic mass is 10.2. The molecule has 7 heteroatoms. The van der Waals surface area contributed by atoms with Crippen molar-refractivity contribution in [2.24, 2.45) is 0 Å². The lowest BCUT2D eigenvalue weighted by molar-refractivity contribution is 0.0945. The maximum absolute atomic E-state index is 11.8. The van der Waals surface area contributed by atoms with Gasteiger partial charge in [0.2, 0.25) is 0 Å². The van der Waals surface area contributed by atoms with Gasteiger partial charge in [-0.25, -0.2) is 4.79 Å². The van der Waals surface area contributed by atoms with Crippen molar-refractivity contribution < 1.29 is 9.53 Å². The highest BCUT2D eigenvalue weighted by atomic mass is 16.5. The number of aromatic amines is 2. The minimum Gasteiger partial charge on any atom is -0.497 e. The van der Waals surface area contributed by atoms with Crippen LogP contribution < -0.4 is 21.3 Å². The van der Waals surface area contributed by atoms with Crippen LogP contribution in [-0.4, -0.2) is 23.0 Å². The summed E-state index contributed by atoms with van der Waals surface area (Å²) in [7, 11) is 1.57. The quantitative estimate of drug-likeness (QED) is 0.730. The Kier molecular flexibility index (Phi) is 3.99. The lowest BCUT2D eigenvalue weighted by Crippen LogP contribution is -2.30. The van der Waals surface area contributed by atoms with E-state index in [1.165, 1.54) is 0 Å². The van der Waals surface area contributed by atoms with Crippen LogP contribution in [0, 0.1) is 0 Å². The first kappa shape index (κ1) is 13.6. The maximum atomic E-state index is 11.8. The zero-order chi connectivity index (χ0) is 14.5. The molecule has 1 aromatic heterocycles. The molecule has 1 aromatic carbocycles. The molecule has 0 radical (unpaired) electrons. The van der Waals surface area contributed by atoms with Crippen LogP contribution in [-0.2, 0) is 6.54 Å². The fraction of sp³-hybridized carbons (Fsp3) is 0.154. The van der Waals surface area contributed by atoms with E-state index in [1.54, 1.807) is 31.4 Å². The summed E-state index contributed by atoms with van der Waals surface area (Å²) < 4.78 is 5.03. The van der Waals surface area contributed by atoms with Gasteiger partial charge in [0, 0.05) is 12.6 Å². The van der Waals surface area contributed by atoms with Gasteiger partial charge in [0.1, 0.15) is 11.4 Å². The highest BCUT2D eigenvalue weighted by Crippen LogP contribution is 2.10. The molecule has 0 bridgehead atoms. The first-order chi connectivity index (χ1) is 9.58. The summed E-state index contributed by atoms with van der Waals surface area (Å²) in [6, 6.07) is 8.19. The minimum atomic E-state index is -0.716. The molecule has 2 rings (SSSR count). The summed E-state index contributed by atoms with van der Waals surface area (Å²) in [4.78, 5) is 38.2. The van der Waals surface area contributed by atoms with Gasteiger partial charge < -0.3 is 15.0 Å². The second kappa shape index (κ2) is 5.87. The molecule has 0 spiro atoms. The molecule has 0 aliphatic carbocycles. The Balaban J connectivity index is 2.04. The van der Waals surface area contributed by atoms with E-state index in [-0.39, 0.29) is 12.2 Å². The van der Waals surface area contributed by atoms with Crippen molar-refractivity contribution in [2.45, 2.75) is 6.54 Å². The van der Waals surface area contributed by atoms with Crippen molar-refractivity contribution >= 4 is 5.91 Å². The number of benzene rings is 1. The van der Waals surface area contributed by atoms with E-state index < -0.39 is 17.2 Å². The van der Waals surface area contributed by atoms with Crippen LogP contribution in [0.25, 0.3) is 0 Å². The molecule has 0 saturated heterocycles. The molecule has 7 nitrogen and oxygen atoms in total. The van der Waals surface area contributed by atoms with E-state index in [0.29, 0.717) is 0 Å². The molecule has 2 aromatic rings. The fourth-order valence-corrected chi connectivity index (χ4v) is 1.61. The van der Waals surface area contributed by atoms with Gasteiger partial charge in [0.05, 0.1) is 7.11 Å². The van der Waals surface area contributed by atoms with Crippen LogP contribution in [0.3, 0.4) is 0 Å². The fourth-order valence-electron chi connectivity index (χ4n) is 1.61. The van der Waals surface area contributed by atoms with Gasteiger partial charge >= 0.3 is 5.69 Å². The second-order valence-corrected chi connectivity index (χ2v) is 4.03. The summed E-state index contributed by atoms with van der Waals surface area (Å²) in [6.07, 6.45) is 0. The third-order valence-electron chi connectivity index (χ3n) is 2.62. The standard InChI is InChI=1S/C13H13N3O4/c1-20-9-4-2-8(3-5-9)7-14-12(18)10-6-11(17)16-13(19)15-10/h2-6H,7H2,1H3,(H,14,18)(H2,15,16,17,19). The van der Waals surface area contributed by atoms with Crippen molar-refractivity contribution in [1.82, 2.24) is 15.3 Å². The highest BCUT2D eigenvalue weighted by Gasteiger charge is 2.07. The highest BCUT2D eigenvalue weighted by molar-refractivity contribution is 5.91. The molecule has 3 N–H and O–H groups in total. The number of carbonyl (C=O) groups excluding carboxylic acids is 1. The van der Waals surface area contributed by atoms with Gasteiger partial charge in [0.25, 0.3) is 11.5 Å². The molecule has 0 fully saturated rings. The smallest absolute Gasteiger partial charge is 0.326 e. The number of H-pyrrole nitrogens is 2. The largest absolute Gasteiger partial charge is 0.497 e. The van der Waals surface area contributed by atoms with Gasteiger partial charge in [-0.15, -0.1) is 0 Å². The Morgan fingerprint density at radius 3 is 2.50 bits per heavy atom. The number of hydrogen-bond donors (Lipinski definition) is 3. The average molecular weight is 275 g/mol. The summed E-state index contributed by atoms with van der Waals surface area (Å²) >= 11 is 0. The average Bonchev–Trinajstić information content (AvgIpc) is 2.44. The second-order valence-electron chi connectivity index (χ2n) is 4.03. The molecule has 0 saturated carbocycles. The molecule has 20 heavy (non-hydrogen) atoms. The molecule has 1 heterocycles. The van der Waals surface area contributed by atoms with Gasteiger partial charge in [-0.1, -0.05) is 12.1 Å². The van der Waals surface area contributed by atoms with Crippen molar-refractivity contribution in [2.75, 3.05) is 7.11 Å². The molecule has 0 unspecified atom stereocenters. The number of nitrogens with one attached hydrogen (secondary N) is 3. The Bertz CT molecular complexity index is 687. The third kappa shape index (κ3) is 3.35. The van der Waals surface area contributed by atoms with Gasteiger partial charge in [0.15, 0.2) is 0 Å². The first-order valence-corrected chi connectivity index (χ1v) is 5.83. The van der Waals surface area contributed by atoms with E-state index in [9.17, 15) is 14.4 Å². The molecule has 0 aliphatic heterocycles. The van der Waals surface area contributed by atoms with E-state index in [4.69, 9.17) is 4.74 Å². The number of carbonyl (C=O) groups is 1.